The minimum Gasteiger partial charge on any atom is -0.291 e. The lowest BCUT2D eigenvalue weighted by Crippen LogP contribution is -2.52. The van der Waals surface area contributed by atoms with Crippen molar-refractivity contribution >= 4 is 0 Å². The van der Waals surface area contributed by atoms with Crippen LogP contribution in [0.3, 0.4) is 0 Å². The van der Waals surface area contributed by atoms with E-state index in [0.717, 1.165) is 6.42 Å². The summed E-state index contributed by atoms with van der Waals surface area (Å²) in [6, 6.07) is 0.465. The van der Waals surface area contributed by atoms with E-state index in [1.54, 1.807) is 0 Å². The van der Waals surface area contributed by atoms with Crippen molar-refractivity contribution in [2.45, 2.75) is 18.6 Å². The first kappa shape index (κ1) is 7.04. The Labute approximate surface area is 66.2 Å². The molecule has 1 saturated heterocycles. The van der Waals surface area contributed by atoms with Crippen molar-refractivity contribution in [3.05, 3.63) is 24.3 Å². The molecule has 0 unspecified atom stereocenters. The number of nitrogens with zero attached hydrogens (tertiary/aromatic N) is 1. The molecule has 0 N–H and O–H groups in total. The van der Waals surface area contributed by atoms with Crippen LogP contribution in [0.5, 0.6) is 0 Å². The highest BCUT2D eigenvalue weighted by Crippen LogP contribution is 2.19. The molecule has 0 saturated carbocycles. The molecular weight excluding hydrogens is 141 g/mol. The molecule has 0 radical (unpaired) electrons. The molecule has 0 aromatic heterocycles. The molecule has 1 heterocycles. The number of allylic oxidation sites excluding steroid dienone is 2. The van der Waals surface area contributed by atoms with Gasteiger partial charge in [0.05, 0.1) is 0 Å². The lowest BCUT2D eigenvalue weighted by molar-refractivity contribution is 0.0437. The van der Waals surface area contributed by atoms with Gasteiger partial charge in [0.1, 0.15) is 6.17 Å². The second kappa shape index (κ2) is 2.78. The number of hydrogen-bond donors (Lipinski definition) is 0. The third kappa shape index (κ3) is 1.36. The summed E-state index contributed by atoms with van der Waals surface area (Å²) in [5.41, 5.74) is 0. The van der Waals surface area contributed by atoms with Crippen molar-refractivity contribution in [2.75, 3.05) is 13.1 Å². The fourth-order valence-electron chi connectivity index (χ4n) is 1.56. The topological polar surface area (TPSA) is 3.24 Å². The van der Waals surface area contributed by atoms with Gasteiger partial charge in [-0.25, -0.2) is 4.39 Å². The monoisotopic (exact) mass is 153 g/mol. The van der Waals surface area contributed by atoms with Gasteiger partial charge in [-0.3, -0.25) is 4.90 Å². The van der Waals surface area contributed by atoms with Crippen LogP contribution in [0.15, 0.2) is 24.3 Å². The van der Waals surface area contributed by atoms with Gasteiger partial charge in [0.15, 0.2) is 0 Å². The third-order valence-electron chi connectivity index (χ3n) is 2.29. The van der Waals surface area contributed by atoms with E-state index >= 15 is 0 Å². The number of halogens is 1. The van der Waals surface area contributed by atoms with E-state index < -0.39 is 6.17 Å². The van der Waals surface area contributed by atoms with Crippen LogP contribution in [-0.2, 0) is 0 Å². The van der Waals surface area contributed by atoms with E-state index in [2.05, 4.69) is 17.1 Å². The Morgan fingerprint density at radius 2 is 2.09 bits per heavy atom. The van der Waals surface area contributed by atoms with Crippen LogP contribution in [0, 0.1) is 0 Å². The first-order valence-corrected chi connectivity index (χ1v) is 4.08. The van der Waals surface area contributed by atoms with E-state index in [9.17, 15) is 4.39 Å². The molecule has 0 bridgehead atoms. The number of likely N-dealkylation sites (tertiary alicyclic amines) is 1. The molecule has 2 heteroatoms. The van der Waals surface area contributed by atoms with Gasteiger partial charge < -0.3 is 0 Å². The van der Waals surface area contributed by atoms with E-state index in [-0.39, 0.29) is 0 Å². The Morgan fingerprint density at radius 1 is 1.27 bits per heavy atom. The molecule has 1 aliphatic carbocycles. The average molecular weight is 153 g/mol. The van der Waals surface area contributed by atoms with Gasteiger partial charge >= 0.3 is 0 Å². The van der Waals surface area contributed by atoms with Crippen molar-refractivity contribution in [3.63, 3.8) is 0 Å². The lowest BCUT2D eigenvalue weighted by Gasteiger charge is -2.39. The molecule has 1 fully saturated rings. The highest BCUT2D eigenvalue weighted by atomic mass is 19.1. The molecule has 11 heavy (non-hydrogen) atoms. The number of alkyl halides is 1. The molecule has 2 aliphatic rings. The minimum absolute atomic E-state index is 0.465. The average Bonchev–Trinajstić information content (AvgIpc) is 2.01. The van der Waals surface area contributed by atoms with Gasteiger partial charge in [-0.05, 0) is 6.42 Å². The predicted octanol–water partition coefficient (Wildman–Crippen LogP) is 1.52. The summed E-state index contributed by atoms with van der Waals surface area (Å²) < 4.78 is 12.4. The van der Waals surface area contributed by atoms with E-state index in [0.29, 0.717) is 19.1 Å². The standard InChI is InChI=1S/C9H12FN/c10-8-6-11(7-8)9-4-2-1-3-5-9/h1-4,8-9H,5-7H2/t9-/m0/s1. The second-order valence-electron chi connectivity index (χ2n) is 3.17. The van der Waals surface area contributed by atoms with Gasteiger partial charge in [0.25, 0.3) is 0 Å². The summed E-state index contributed by atoms with van der Waals surface area (Å²) in [5.74, 6) is 0. The minimum atomic E-state index is -0.575. The van der Waals surface area contributed by atoms with E-state index in [1.165, 1.54) is 0 Å². The van der Waals surface area contributed by atoms with Crippen LogP contribution in [0.4, 0.5) is 4.39 Å². The van der Waals surface area contributed by atoms with Gasteiger partial charge in [-0.15, -0.1) is 0 Å². The Morgan fingerprint density at radius 3 is 2.64 bits per heavy atom. The van der Waals surface area contributed by atoms with Crippen LogP contribution in [0.25, 0.3) is 0 Å². The zero-order chi connectivity index (χ0) is 7.68. The van der Waals surface area contributed by atoms with E-state index in [4.69, 9.17) is 0 Å². The molecule has 2 rings (SSSR count). The smallest absolute Gasteiger partial charge is 0.125 e. The van der Waals surface area contributed by atoms with Crippen LogP contribution >= 0.6 is 0 Å². The predicted molar refractivity (Wildman–Crippen MR) is 43.2 cm³/mol. The normalized spacial score (nSPS) is 32.3. The van der Waals surface area contributed by atoms with Crippen LogP contribution in [-0.4, -0.2) is 30.2 Å². The number of hydrogen-bond acceptors (Lipinski definition) is 1. The zero-order valence-electron chi connectivity index (χ0n) is 6.41. The van der Waals surface area contributed by atoms with Gasteiger partial charge in [0.2, 0.25) is 0 Å². The summed E-state index contributed by atoms with van der Waals surface area (Å²) in [6.07, 6.45) is 8.84. The SMILES string of the molecule is FC1CN([C@H]2C=CC=CC2)C1. The van der Waals surface area contributed by atoms with Crippen molar-refractivity contribution in [2.24, 2.45) is 0 Å². The molecule has 0 amide bonds. The first-order valence-electron chi connectivity index (χ1n) is 4.08. The molecule has 0 spiro atoms. The summed E-state index contributed by atoms with van der Waals surface area (Å²) in [4.78, 5) is 2.17. The maximum Gasteiger partial charge on any atom is 0.125 e. The van der Waals surface area contributed by atoms with Crippen LogP contribution in [0.1, 0.15) is 6.42 Å². The summed E-state index contributed by atoms with van der Waals surface area (Å²) >= 11 is 0. The molecule has 0 aromatic carbocycles. The van der Waals surface area contributed by atoms with Crippen LogP contribution in [0.2, 0.25) is 0 Å². The van der Waals surface area contributed by atoms with Crippen molar-refractivity contribution in [3.8, 4) is 0 Å². The van der Waals surface area contributed by atoms with Crippen LogP contribution < -0.4 is 0 Å². The highest BCUT2D eigenvalue weighted by molar-refractivity contribution is 5.14. The fraction of sp³-hybridized carbons (Fsp3) is 0.556. The fourth-order valence-corrected chi connectivity index (χ4v) is 1.56. The van der Waals surface area contributed by atoms with Gasteiger partial charge in [-0.1, -0.05) is 24.3 Å². The molecular formula is C9H12FN. The maximum absolute atomic E-state index is 12.4. The molecule has 0 aromatic rings. The van der Waals surface area contributed by atoms with Crippen molar-refractivity contribution in [1.82, 2.24) is 4.90 Å². The van der Waals surface area contributed by atoms with Crippen molar-refractivity contribution < 1.29 is 4.39 Å². The summed E-state index contributed by atoms with van der Waals surface area (Å²) in [7, 11) is 0. The third-order valence-corrected chi connectivity index (χ3v) is 2.29. The highest BCUT2D eigenvalue weighted by Gasteiger charge is 2.30. The largest absolute Gasteiger partial charge is 0.291 e. The lowest BCUT2D eigenvalue weighted by atomic mass is 10.0. The quantitative estimate of drug-likeness (QED) is 0.552. The number of rotatable bonds is 1. The first-order chi connectivity index (χ1) is 5.36. The molecule has 60 valence electrons. The van der Waals surface area contributed by atoms with Gasteiger partial charge in [0, 0.05) is 19.1 Å². The Kier molecular flexibility index (Phi) is 1.78. The van der Waals surface area contributed by atoms with E-state index in [1.807, 2.05) is 12.2 Å². The zero-order valence-corrected chi connectivity index (χ0v) is 6.41. The Hall–Kier alpha value is -0.630. The summed E-state index contributed by atoms with van der Waals surface area (Å²) in [6.45, 7) is 1.26. The molecule has 1 aliphatic heterocycles. The summed E-state index contributed by atoms with van der Waals surface area (Å²) in [5, 5.41) is 0. The molecule has 1 nitrogen and oxygen atoms in total. The Balaban J connectivity index is 1.87. The maximum atomic E-state index is 12.4. The Bertz CT molecular complexity index is 192. The second-order valence-corrected chi connectivity index (χ2v) is 3.17. The van der Waals surface area contributed by atoms with Crippen molar-refractivity contribution in [1.29, 1.82) is 0 Å². The van der Waals surface area contributed by atoms with Gasteiger partial charge in [-0.2, -0.15) is 0 Å². The molecule has 1 atom stereocenters.